The Balaban J connectivity index is 1.27. The summed E-state index contributed by atoms with van der Waals surface area (Å²) in [5, 5.41) is 8.55. The molecular formula is C21H17Cl2N3O2S. The number of para-hydroxylation sites is 1. The van der Waals surface area contributed by atoms with Crippen LogP contribution in [0.5, 0.6) is 0 Å². The lowest BCUT2D eigenvalue weighted by Gasteiger charge is -2.05. The molecule has 0 fully saturated rings. The molecule has 0 unspecified atom stereocenters. The molecule has 0 saturated carbocycles. The van der Waals surface area contributed by atoms with E-state index in [1.165, 1.54) is 11.3 Å². The van der Waals surface area contributed by atoms with Crippen LogP contribution in [0, 0.1) is 0 Å². The fraction of sp³-hybridized carbons (Fsp3) is 0.143. The van der Waals surface area contributed by atoms with Gasteiger partial charge in [-0.05, 0) is 30.7 Å². The number of H-pyrrole nitrogens is 1. The maximum absolute atomic E-state index is 12.4. The number of nitrogens with one attached hydrogen (secondary N) is 3. The topological polar surface area (TPSA) is 74.0 Å². The van der Waals surface area contributed by atoms with Gasteiger partial charge >= 0.3 is 0 Å². The summed E-state index contributed by atoms with van der Waals surface area (Å²) in [6, 6.07) is 14.9. The molecule has 8 heteroatoms. The number of halogens is 2. The van der Waals surface area contributed by atoms with Crippen LogP contribution in [0.1, 0.15) is 26.6 Å². The number of amides is 2. The molecule has 29 heavy (non-hydrogen) atoms. The number of hydrogen-bond donors (Lipinski definition) is 3. The predicted octanol–water partition coefficient (Wildman–Crippen LogP) is 5.24. The van der Waals surface area contributed by atoms with Crippen molar-refractivity contribution in [3.8, 4) is 0 Å². The van der Waals surface area contributed by atoms with Crippen molar-refractivity contribution in [2.75, 3.05) is 13.1 Å². The van der Waals surface area contributed by atoms with Gasteiger partial charge < -0.3 is 15.6 Å². The second-order valence-corrected chi connectivity index (χ2v) is 8.39. The number of thiophene rings is 1. The molecule has 0 spiro atoms. The average Bonchev–Trinajstić information content (AvgIpc) is 3.28. The van der Waals surface area contributed by atoms with E-state index in [-0.39, 0.29) is 11.8 Å². The lowest BCUT2D eigenvalue weighted by molar-refractivity contribution is 0.0949. The lowest BCUT2D eigenvalue weighted by atomic mass is 10.2. The highest BCUT2D eigenvalue weighted by atomic mass is 35.5. The minimum absolute atomic E-state index is 0.169. The van der Waals surface area contributed by atoms with Crippen molar-refractivity contribution < 1.29 is 9.59 Å². The number of hydrogen-bond acceptors (Lipinski definition) is 3. The molecule has 3 N–H and O–H groups in total. The van der Waals surface area contributed by atoms with E-state index in [1.54, 1.807) is 12.1 Å². The third-order valence-electron chi connectivity index (χ3n) is 4.50. The van der Waals surface area contributed by atoms with Crippen LogP contribution < -0.4 is 10.6 Å². The zero-order valence-electron chi connectivity index (χ0n) is 15.2. The number of carbonyl (C=O) groups excluding carboxylic acids is 2. The number of carbonyl (C=O) groups is 2. The number of rotatable bonds is 6. The number of benzene rings is 2. The summed E-state index contributed by atoms with van der Waals surface area (Å²) in [6.45, 7) is 0.876. The molecule has 2 aromatic carbocycles. The third-order valence-corrected chi connectivity index (χ3v) is 6.39. The highest BCUT2D eigenvalue weighted by Gasteiger charge is 2.17. The van der Waals surface area contributed by atoms with Gasteiger partial charge in [-0.2, -0.15) is 0 Å². The van der Waals surface area contributed by atoms with Crippen LogP contribution in [0.3, 0.4) is 0 Å². The summed E-state index contributed by atoms with van der Waals surface area (Å²) in [4.78, 5) is 28.2. The Bertz CT molecular complexity index is 1180. The van der Waals surface area contributed by atoms with Crippen LogP contribution in [-0.4, -0.2) is 29.9 Å². The van der Waals surface area contributed by atoms with Gasteiger partial charge in [-0.25, -0.2) is 0 Å². The van der Waals surface area contributed by atoms with E-state index in [1.807, 2.05) is 36.4 Å². The molecule has 2 aromatic heterocycles. The van der Waals surface area contributed by atoms with E-state index in [0.717, 1.165) is 21.0 Å². The summed E-state index contributed by atoms with van der Waals surface area (Å²) >= 11 is 13.6. The van der Waals surface area contributed by atoms with Gasteiger partial charge in [0, 0.05) is 39.1 Å². The normalized spacial score (nSPS) is 11.1. The molecule has 0 bridgehead atoms. The predicted molar refractivity (Wildman–Crippen MR) is 119 cm³/mol. The molecule has 4 aromatic rings. The standard InChI is InChI=1S/C21H17Cl2N3O2S/c22-13-6-7-14-17(11-13)29-19(18(14)23)21(28)25-9-3-8-24-20(27)16-10-12-4-1-2-5-15(12)26-16/h1-2,4-7,10-11,26H,3,8-9H2,(H,24,27)(H,25,28). The second-order valence-electron chi connectivity index (χ2n) is 6.52. The van der Waals surface area contributed by atoms with Crippen molar-refractivity contribution in [1.82, 2.24) is 15.6 Å². The summed E-state index contributed by atoms with van der Waals surface area (Å²) in [5.41, 5.74) is 1.44. The maximum atomic E-state index is 12.4. The Morgan fingerprint density at radius 1 is 0.966 bits per heavy atom. The molecule has 0 radical (unpaired) electrons. The van der Waals surface area contributed by atoms with Gasteiger partial charge in [-0.3, -0.25) is 9.59 Å². The van der Waals surface area contributed by atoms with Crippen LogP contribution in [0.2, 0.25) is 10.0 Å². The molecule has 0 aliphatic carbocycles. The molecule has 0 saturated heterocycles. The molecule has 2 heterocycles. The summed E-state index contributed by atoms with van der Waals surface area (Å²) in [6.07, 6.45) is 0.603. The number of fused-ring (bicyclic) bond motifs is 2. The van der Waals surface area contributed by atoms with E-state index < -0.39 is 0 Å². The summed E-state index contributed by atoms with van der Waals surface area (Å²) in [5.74, 6) is -0.397. The van der Waals surface area contributed by atoms with Crippen molar-refractivity contribution >= 4 is 67.3 Å². The molecule has 2 amide bonds. The average molecular weight is 446 g/mol. The first-order valence-corrected chi connectivity index (χ1v) is 10.6. The molecule has 0 aliphatic rings. The molecule has 0 atom stereocenters. The van der Waals surface area contributed by atoms with Gasteiger partial charge in [-0.1, -0.05) is 47.5 Å². The zero-order chi connectivity index (χ0) is 20.4. The second kappa shape index (κ2) is 8.45. The van der Waals surface area contributed by atoms with E-state index >= 15 is 0 Å². The number of aromatic amines is 1. The molecular weight excluding hydrogens is 429 g/mol. The first kappa shape index (κ1) is 19.8. The van der Waals surface area contributed by atoms with Gasteiger partial charge in [-0.15, -0.1) is 11.3 Å². The largest absolute Gasteiger partial charge is 0.351 e. The van der Waals surface area contributed by atoms with Crippen LogP contribution in [-0.2, 0) is 0 Å². The minimum Gasteiger partial charge on any atom is -0.351 e. The van der Waals surface area contributed by atoms with Crippen LogP contribution >= 0.6 is 34.5 Å². The Morgan fingerprint density at radius 3 is 2.52 bits per heavy atom. The zero-order valence-corrected chi connectivity index (χ0v) is 17.5. The van der Waals surface area contributed by atoms with E-state index in [0.29, 0.717) is 40.1 Å². The Hall–Kier alpha value is -2.54. The van der Waals surface area contributed by atoms with E-state index in [9.17, 15) is 9.59 Å². The van der Waals surface area contributed by atoms with Crippen molar-refractivity contribution in [3.05, 3.63) is 69.1 Å². The third kappa shape index (κ3) is 4.24. The molecule has 5 nitrogen and oxygen atoms in total. The van der Waals surface area contributed by atoms with Crippen molar-refractivity contribution in [2.24, 2.45) is 0 Å². The van der Waals surface area contributed by atoms with Gasteiger partial charge in [0.05, 0.1) is 5.02 Å². The highest BCUT2D eigenvalue weighted by Crippen LogP contribution is 2.36. The number of aromatic nitrogens is 1. The summed E-state index contributed by atoms with van der Waals surface area (Å²) in [7, 11) is 0. The quantitative estimate of drug-likeness (QED) is 0.355. The fourth-order valence-corrected chi connectivity index (χ4v) is 4.76. The van der Waals surface area contributed by atoms with Crippen LogP contribution in [0.25, 0.3) is 21.0 Å². The first-order chi connectivity index (χ1) is 14.0. The van der Waals surface area contributed by atoms with Gasteiger partial charge in [0.25, 0.3) is 11.8 Å². The monoisotopic (exact) mass is 445 g/mol. The highest BCUT2D eigenvalue weighted by molar-refractivity contribution is 7.21. The smallest absolute Gasteiger partial charge is 0.267 e. The van der Waals surface area contributed by atoms with Crippen LogP contribution in [0.4, 0.5) is 0 Å². The van der Waals surface area contributed by atoms with Crippen LogP contribution in [0.15, 0.2) is 48.5 Å². The van der Waals surface area contributed by atoms with Crippen molar-refractivity contribution in [1.29, 1.82) is 0 Å². The van der Waals surface area contributed by atoms with E-state index in [2.05, 4.69) is 15.6 Å². The van der Waals surface area contributed by atoms with Gasteiger partial charge in [0.15, 0.2) is 0 Å². The van der Waals surface area contributed by atoms with Crippen molar-refractivity contribution in [3.63, 3.8) is 0 Å². The minimum atomic E-state index is -0.228. The lowest BCUT2D eigenvalue weighted by Crippen LogP contribution is -2.29. The Labute approximate surface area is 181 Å². The Morgan fingerprint density at radius 2 is 1.72 bits per heavy atom. The van der Waals surface area contributed by atoms with Gasteiger partial charge in [0.2, 0.25) is 0 Å². The van der Waals surface area contributed by atoms with Crippen molar-refractivity contribution in [2.45, 2.75) is 6.42 Å². The fourth-order valence-electron chi connectivity index (χ4n) is 3.05. The molecule has 148 valence electrons. The maximum Gasteiger partial charge on any atom is 0.267 e. The summed E-state index contributed by atoms with van der Waals surface area (Å²) < 4.78 is 0.873. The molecule has 0 aliphatic heterocycles. The van der Waals surface area contributed by atoms with E-state index in [4.69, 9.17) is 23.2 Å². The first-order valence-electron chi connectivity index (χ1n) is 9.04. The SMILES string of the molecule is O=C(NCCCNC(=O)c1sc2cc(Cl)ccc2c1Cl)c1cc2ccccc2[nH]1. The molecule has 4 rings (SSSR count). The Kier molecular flexibility index (Phi) is 5.76. The van der Waals surface area contributed by atoms with Gasteiger partial charge in [0.1, 0.15) is 10.6 Å².